The number of cyclic esters (lactones) is 1. The Morgan fingerprint density at radius 3 is 2.15 bits per heavy atom. The number of rotatable bonds is 23. The van der Waals surface area contributed by atoms with Crippen LogP contribution in [0, 0.1) is 11.8 Å². The van der Waals surface area contributed by atoms with Crippen LogP contribution in [0.25, 0.3) is 0 Å². The molecule has 2 aliphatic heterocycles. The van der Waals surface area contributed by atoms with Crippen molar-refractivity contribution in [2.24, 2.45) is 11.8 Å². The van der Waals surface area contributed by atoms with Gasteiger partial charge in [-0.3, -0.25) is 28.0 Å². The van der Waals surface area contributed by atoms with Crippen LogP contribution in [-0.2, 0) is 51.1 Å². The van der Waals surface area contributed by atoms with E-state index in [4.69, 9.17) is 29.0 Å². The highest BCUT2D eigenvalue weighted by molar-refractivity contribution is 7.61. The van der Waals surface area contributed by atoms with Gasteiger partial charge in [0.15, 0.2) is 6.10 Å². The highest BCUT2D eigenvalue weighted by atomic mass is 31.3. The maximum absolute atomic E-state index is 13.7. The van der Waals surface area contributed by atoms with Gasteiger partial charge in [0.1, 0.15) is 36.6 Å². The van der Waals surface area contributed by atoms with Crippen LogP contribution in [0.3, 0.4) is 0 Å². The summed E-state index contributed by atoms with van der Waals surface area (Å²) >= 11 is 0. The van der Waals surface area contributed by atoms with Crippen molar-refractivity contribution in [3.8, 4) is 0 Å². The molecular weight excluding hydrogens is 1010 g/mol. The number of aromatic nitrogens is 2. The maximum atomic E-state index is 13.7. The summed E-state index contributed by atoms with van der Waals surface area (Å²) in [6.07, 6.45) is 10.4. The lowest BCUT2D eigenvalue weighted by Gasteiger charge is -2.40. The molecule has 1 aromatic rings. The topological polar surface area (TPSA) is 343 Å². The Kier molecular flexibility index (Phi) is 30.7. The lowest BCUT2D eigenvalue weighted by Crippen LogP contribution is -2.52. The van der Waals surface area contributed by atoms with Crippen molar-refractivity contribution in [3.05, 3.63) is 59.2 Å². The minimum Gasteiger partial charge on any atom is -0.462 e. The second kappa shape index (κ2) is 35.0. The van der Waals surface area contributed by atoms with Crippen molar-refractivity contribution in [2.45, 2.75) is 204 Å². The number of fused-ring (bicyclic) bond motifs is 3. The van der Waals surface area contributed by atoms with Gasteiger partial charge >= 0.3 is 33.3 Å². The number of hydrogen-bond acceptors (Lipinski definition) is 19. The molecule has 22 nitrogen and oxygen atoms in total. The molecule has 0 amide bonds. The molecule has 2 bridgehead atoms. The Hall–Kier alpha value is -3.47. The molecule has 12 atom stereocenters. The standard InChI is InChI=1S/C50H83N3O19P2/c1-3-5-7-8-9-10-11-12-13-14-15-16-17-18-20-25-45(58)67-33-38-34-68-73(63,64)72-74(65,66)69-35-43-48(61)47(60)39(28-27-36(54)23-19-6-4-2)41(56)32-42(57)40(31-37(55)24-21-22-26-46(59)70-38)49(71-43)53-30-29-44(51)52-50(53)62/h10-13,27-30,36,38-43,47-49,54,56-57,60-61H,3-9,14-26,31-35H2,1-2H3,(H,63,64)(H,65,66)(H2,51,52,62)/b11-10-,13-12-,28-27-/t36-,38+,39-,40-,41+,42-,43+,47-,48+,49+/m0/s1. The third-order valence-corrected chi connectivity index (χ3v) is 15.3. The summed E-state index contributed by atoms with van der Waals surface area (Å²) in [4.78, 5) is 77.8. The van der Waals surface area contributed by atoms with Crippen LogP contribution in [0.2, 0.25) is 0 Å². The van der Waals surface area contributed by atoms with E-state index >= 15 is 0 Å². The Morgan fingerprint density at radius 1 is 0.851 bits per heavy atom. The number of allylic oxidation sites excluding steroid dienone is 4. The quantitative estimate of drug-likeness (QED) is 0.0195. The molecule has 3 rings (SSSR count). The highest BCUT2D eigenvalue weighted by Crippen LogP contribution is 2.60. The van der Waals surface area contributed by atoms with E-state index in [0.717, 1.165) is 62.1 Å². The SMILES string of the molecule is CCCCCC/C=C\C=C/CCCCCCCC(=O)OC[C@@H]1COP(=O)(O)OP(=O)(O)OC[C@H]2O[C@@H](n3ccc(N)nc3=O)[C@@H](CC(=O)CCCCC(=O)O1)[C@@H](O)C[C@@H](O)[C@H](/C=C\[C@@H](O)CCCCC)[C@H](O)[C@@H]2O. The first-order valence-corrected chi connectivity index (χ1v) is 29.2. The molecule has 1 aromatic heterocycles. The van der Waals surface area contributed by atoms with Crippen molar-refractivity contribution in [2.75, 3.05) is 25.6 Å². The largest absolute Gasteiger partial charge is 0.481 e. The van der Waals surface area contributed by atoms with Gasteiger partial charge in [-0.2, -0.15) is 9.29 Å². The molecule has 3 heterocycles. The summed E-state index contributed by atoms with van der Waals surface area (Å²) in [5, 5.41) is 57.4. The number of hydrogen-bond donors (Lipinski definition) is 8. The number of nitrogens with zero attached hydrogens (tertiary/aromatic N) is 2. The summed E-state index contributed by atoms with van der Waals surface area (Å²) in [7, 11) is -11.4. The van der Waals surface area contributed by atoms with E-state index in [0.29, 0.717) is 19.3 Å². The number of ether oxygens (including phenoxy) is 3. The number of anilines is 1. The molecule has 0 aliphatic carbocycles. The Morgan fingerprint density at radius 2 is 1.47 bits per heavy atom. The normalized spacial score (nSPS) is 30.1. The average Bonchev–Trinajstić information content (AvgIpc) is 3.33. The van der Waals surface area contributed by atoms with E-state index in [1.807, 2.05) is 6.92 Å². The maximum Gasteiger partial charge on any atom is 0.481 e. The molecule has 0 radical (unpaired) electrons. The summed E-state index contributed by atoms with van der Waals surface area (Å²) < 4.78 is 58.6. The van der Waals surface area contributed by atoms with Crippen molar-refractivity contribution < 1.29 is 86.4 Å². The zero-order valence-electron chi connectivity index (χ0n) is 43.0. The molecule has 2 saturated heterocycles. The molecule has 0 aromatic carbocycles. The number of phosphoric acid groups is 2. The summed E-state index contributed by atoms with van der Waals surface area (Å²) in [5.74, 6) is -5.19. The number of carbonyl (C=O) groups is 3. The molecule has 9 N–H and O–H groups in total. The van der Waals surface area contributed by atoms with Crippen molar-refractivity contribution in [3.63, 3.8) is 0 Å². The summed E-state index contributed by atoms with van der Waals surface area (Å²) in [5.41, 5.74) is 4.66. The van der Waals surface area contributed by atoms with Crippen molar-refractivity contribution in [1.29, 1.82) is 0 Å². The van der Waals surface area contributed by atoms with E-state index in [2.05, 4.69) is 40.5 Å². The fourth-order valence-electron chi connectivity index (χ4n) is 8.47. The Labute approximate surface area is 434 Å². The number of carbonyl (C=O) groups excluding carboxylic acids is 3. The van der Waals surface area contributed by atoms with Gasteiger partial charge in [-0.05, 0) is 57.4 Å². The number of ketones is 1. The minimum atomic E-state index is -5.76. The molecule has 74 heavy (non-hydrogen) atoms. The van der Waals surface area contributed by atoms with Crippen LogP contribution in [0.1, 0.15) is 161 Å². The molecule has 2 fully saturated rings. The molecule has 2 aliphatic rings. The predicted octanol–water partition coefficient (Wildman–Crippen LogP) is 6.34. The number of unbranched alkanes of at least 4 members (excludes halogenated alkanes) is 11. The van der Waals surface area contributed by atoms with Crippen LogP contribution in [0.5, 0.6) is 0 Å². The molecule has 422 valence electrons. The van der Waals surface area contributed by atoms with E-state index in [1.165, 1.54) is 43.9 Å². The van der Waals surface area contributed by atoms with Gasteiger partial charge in [-0.1, -0.05) is 108 Å². The smallest absolute Gasteiger partial charge is 0.462 e. The lowest BCUT2D eigenvalue weighted by molar-refractivity contribution is -0.196. The number of Topliss-reactive ketones (excluding diaryl/α,β-unsaturated/α-hetero) is 1. The zero-order valence-corrected chi connectivity index (χ0v) is 44.8. The second-order valence-corrected chi connectivity index (χ2v) is 22.1. The monoisotopic (exact) mass is 1090 g/mol. The van der Waals surface area contributed by atoms with Crippen LogP contribution >= 0.6 is 15.6 Å². The van der Waals surface area contributed by atoms with E-state index in [-0.39, 0.29) is 37.9 Å². The van der Waals surface area contributed by atoms with Gasteiger partial charge in [-0.25, -0.2) is 13.9 Å². The number of phosphoric ester groups is 2. The van der Waals surface area contributed by atoms with E-state index in [9.17, 15) is 63.6 Å². The molecule has 0 spiro atoms. The number of aliphatic hydroxyl groups is 5. The number of esters is 2. The fourth-order valence-corrected chi connectivity index (χ4v) is 10.6. The first-order valence-electron chi connectivity index (χ1n) is 26.2. The number of nitrogen functional groups attached to an aromatic ring is 1. The number of aliphatic hydroxyl groups excluding tert-OH is 5. The third kappa shape index (κ3) is 25.6. The minimum absolute atomic E-state index is 0.0357. The van der Waals surface area contributed by atoms with Gasteiger partial charge in [-0.15, -0.1) is 0 Å². The predicted molar refractivity (Wildman–Crippen MR) is 273 cm³/mol. The molecule has 2 unspecified atom stereocenters. The van der Waals surface area contributed by atoms with E-state index in [1.54, 1.807) is 0 Å². The Balaban J connectivity index is 1.80. The van der Waals surface area contributed by atoms with E-state index < -0.39 is 133 Å². The fraction of sp³-hybridized carbons (Fsp3) is 0.740. The zero-order chi connectivity index (χ0) is 54.5. The van der Waals surface area contributed by atoms with Crippen LogP contribution in [-0.4, -0.2) is 125 Å². The lowest BCUT2D eigenvalue weighted by atomic mass is 9.82. The first kappa shape index (κ1) is 64.8. The van der Waals surface area contributed by atoms with Crippen molar-refractivity contribution >= 4 is 39.2 Å². The highest BCUT2D eigenvalue weighted by Gasteiger charge is 2.45. The van der Waals surface area contributed by atoms with Gasteiger partial charge in [0.25, 0.3) is 0 Å². The summed E-state index contributed by atoms with van der Waals surface area (Å²) in [6, 6.07) is 1.18. The number of nitrogens with two attached hydrogens (primary N) is 1. The third-order valence-electron chi connectivity index (χ3n) is 12.7. The van der Waals surface area contributed by atoms with Crippen LogP contribution in [0.15, 0.2) is 53.5 Å². The molecular formula is C50H83N3O19P2. The first-order chi connectivity index (χ1) is 35.3. The van der Waals surface area contributed by atoms with Gasteiger partial charge < -0.3 is 55.3 Å². The van der Waals surface area contributed by atoms with Crippen LogP contribution in [0.4, 0.5) is 5.82 Å². The average molecular weight is 1090 g/mol. The molecule has 0 saturated carbocycles. The van der Waals surface area contributed by atoms with Gasteiger partial charge in [0, 0.05) is 50.1 Å². The van der Waals surface area contributed by atoms with Crippen molar-refractivity contribution in [1.82, 2.24) is 9.55 Å². The Bertz CT molecular complexity index is 2070. The second-order valence-electron chi connectivity index (χ2n) is 19.0. The van der Waals surface area contributed by atoms with Gasteiger partial charge in [0.05, 0.1) is 37.6 Å². The summed E-state index contributed by atoms with van der Waals surface area (Å²) in [6.45, 7) is 1.28. The molecule has 24 heteroatoms. The van der Waals surface area contributed by atoms with Gasteiger partial charge in [0.2, 0.25) is 0 Å². The van der Waals surface area contributed by atoms with Crippen LogP contribution < -0.4 is 11.4 Å².